The zero-order valence-corrected chi connectivity index (χ0v) is 10.6. The second kappa shape index (κ2) is 5.24. The number of nitrogens with zero attached hydrogens (tertiary/aromatic N) is 1. The Morgan fingerprint density at radius 1 is 1.42 bits per heavy atom. The minimum atomic E-state index is -0.722. The lowest BCUT2D eigenvalue weighted by atomic mass is 10.2. The van der Waals surface area contributed by atoms with E-state index in [0.29, 0.717) is 10.6 Å². The van der Waals surface area contributed by atoms with Crippen LogP contribution in [0, 0.1) is 11.2 Å². The lowest BCUT2D eigenvalue weighted by molar-refractivity contribution is 0.0998. The average molecular weight is 280 g/mol. The van der Waals surface area contributed by atoms with E-state index in [1.165, 1.54) is 29.0 Å². The Kier molecular flexibility index (Phi) is 3.66. The van der Waals surface area contributed by atoms with Gasteiger partial charge in [0.15, 0.2) is 0 Å². The first-order valence-corrected chi connectivity index (χ1v) is 5.84. The van der Waals surface area contributed by atoms with Gasteiger partial charge in [-0.05, 0) is 23.8 Å². The van der Waals surface area contributed by atoms with Crippen LogP contribution in [0.2, 0.25) is 5.02 Å². The zero-order valence-electron chi connectivity index (χ0n) is 9.86. The SMILES string of the molecule is N=c1c(C(N)=O)cc(Cl)cn1Cc1cccc(F)c1. The first kappa shape index (κ1) is 13.3. The fourth-order valence-electron chi connectivity index (χ4n) is 1.76. The molecule has 2 rings (SSSR count). The molecule has 0 saturated heterocycles. The van der Waals surface area contributed by atoms with Crippen LogP contribution in [0.1, 0.15) is 15.9 Å². The number of carbonyl (C=O) groups excluding carboxylic acids is 1. The van der Waals surface area contributed by atoms with Crippen LogP contribution in [0.3, 0.4) is 0 Å². The summed E-state index contributed by atoms with van der Waals surface area (Å²) in [4.78, 5) is 11.2. The molecule has 0 atom stereocenters. The third-order valence-electron chi connectivity index (χ3n) is 2.61. The summed E-state index contributed by atoms with van der Waals surface area (Å²) in [5.74, 6) is -1.08. The van der Waals surface area contributed by atoms with Crippen LogP contribution >= 0.6 is 11.6 Å². The zero-order chi connectivity index (χ0) is 14.0. The number of nitrogens with one attached hydrogen (secondary N) is 1. The van der Waals surface area contributed by atoms with Crippen molar-refractivity contribution in [2.45, 2.75) is 6.54 Å². The van der Waals surface area contributed by atoms with E-state index in [-0.39, 0.29) is 23.4 Å². The number of aromatic nitrogens is 1. The van der Waals surface area contributed by atoms with Gasteiger partial charge in [0.2, 0.25) is 0 Å². The van der Waals surface area contributed by atoms with Gasteiger partial charge < -0.3 is 10.3 Å². The summed E-state index contributed by atoms with van der Waals surface area (Å²) in [6.07, 6.45) is 1.50. The van der Waals surface area contributed by atoms with Crippen molar-refractivity contribution >= 4 is 17.5 Å². The fraction of sp³-hybridized carbons (Fsp3) is 0.0769. The number of pyridine rings is 1. The Morgan fingerprint density at radius 3 is 2.79 bits per heavy atom. The third kappa shape index (κ3) is 3.00. The predicted molar refractivity (Wildman–Crippen MR) is 69.3 cm³/mol. The molecule has 98 valence electrons. The number of benzene rings is 1. The van der Waals surface area contributed by atoms with Crippen LogP contribution in [0.15, 0.2) is 36.5 Å². The quantitative estimate of drug-likeness (QED) is 0.885. The van der Waals surface area contributed by atoms with Crippen LogP contribution < -0.4 is 11.2 Å². The number of nitrogens with two attached hydrogens (primary N) is 1. The minimum absolute atomic E-state index is 0.0314. The molecule has 3 N–H and O–H groups in total. The smallest absolute Gasteiger partial charge is 0.252 e. The van der Waals surface area contributed by atoms with E-state index in [1.807, 2.05) is 0 Å². The number of hydrogen-bond donors (Lipinski definition) is 2. The molecule has 0 unspecified atom stereocenters. The van der Waals surface area contributed by atoms with Crippen LogP contribution in [-0.4, -0.2) is 10.5 Å². The predicted octanol–water partition coefficient (Wildman–Crippen LogP) is 1.91. The van der Waals surface area contributed by atoms with Gasteiger partial charge in [0.05, 0.1) is 10.6 Å². The summed E-state index contributed by atoms with van der Waals surface area (Å²) in [7, 11) is 0. The van der Waals surface area contributed by atoms with E-state index in [9.17, 15) is 9.18 Å². The summed E-state index contributed by atoms with van der Waals surface area (Å²) in [5, 5.41) is 8.18. The van der Waals surface area contributed by atoms with Crippen LogP contribution in [0.5, 0.6) is 0 Å². The van der Waals surface area contributed by atoms with E-state index in [4.69, 9.17) is 22.7 Å². The molecule has 0 radical (unpaired) electrons. The fourth-order valence-corrected chi connectivity index (χ4v) is 1.98. The second-order valence-corrected chi connectivity index (χ2v) is 4.48. The normalized spacial score (nSPS) is 10.4. The Morgan fingerprint density at radius 2 is 2.16 bits per heavy atom. The van der Waals surface area contributed by atoms with Gasteiger partial charge in [-0.3, -0.25) is 10.2 Å². The Bertz CT molecular complexity index is 697. The monoisotopic (exact) mass is 279 g/mol. The summed E-state index contributed by atoms with van der Waals surface area (Å²) in [5.41, 5.74) is 5.82. The molecule has 2 aromatic rings. The molecule has 6 heteroatoms. The average Bonchev–Trinajstić information content (AvgIpc) is 2.33. The summed E-state index contributed by atoms with van der Waals surface area (Å²) in [6, 6.07) is 7.34. The maximum Gasteiger partial charge on any atom is 0.252 e. The van der Waals surface area contributed by atoms with Gasteiger partial charge in [-0.25, -0.2) is 4.39 Å². The highest BCUT2D eigenvalue weighted by molar-refractivity contribution is 6.30. The molecule has 19 heavy (non-hydrogen) atoms. The number of amides is 1. The molecule has 4 nitrogen and oxygen atoms in total. The number of halogens is 2. The summed E-state index contributed by atoms with van der Waals surface area (Å²) in [6.45, 7) is 0.234. The number of carbonyl (C=O) groups is 1. The highest BCUT2D eigenvalue weighted by Crippen LogP contribution is 2.10. The molecule has 0 saturated carbocycles. The molecular formula is C13H11ClFN3O. The standard InChI is InChI=1S/C13H11ClFN3O/c14-9-5-11(13(17)19)12(16)18(7-9)6-8-2-1-3-10(15)4-8/h1-5,7,16H,6H2,(H2,17,19). The molecule has 0 aliphatic rings. The van der Waals surface area contributed by atoms with Gasteiger partial charge in [-0.15, -0.1) is 0 Å². The maximum atomic E-state index is 13.1. The first-order valence-electron chi connectivity index (χ1n) is 5.46. The van der Waals surface area contributed by atoms with Crippen LogP contribution in [0.4, 0.5) is 4.39 Å². The Balaban J connectivity index is 2.46. The first-order chi connectivity index (χ1) is 8.97. The number of rotatable bonds is 3. The molecule has 0 aliphatic carbocycles. The lowest BCUT2D eigenvalue weighted by Gasteiger charge is -2.10. The molecule has 0 aliphatic heterocycles. The highest BCUT2D eigenvalue weighted by atomic mass is 35.5. The largest absolute Gasteiger partial charge is 0.365 e. The van der Waals surface area contributed by atoms with Gasteiger partial charge in [-0.1, -0.05) is 23.7 Å². The van der Waals surface area contributed by atoms with E-state index >= 15 is 0 Å². The van der Waals surface area contributed by atoms with Crippen molar-refractivity contribution in [2.24, 2.45) is 5.73 Å². The topological polar surface area (TPSA) is 71.9 Å². The molecule has 0 bridgehead atoms. The van der Waals surface area contributed by atoms with Crippen molar-refractivity contribution in [3.05, 3.63) is 64.0 Å². The van der Waals surface area contributed by atoms with Crippen molar-refractivity contribution in [1.29, 1.82) is 5.41 Å². The van der Waals surface area contributed by atoms with Crippen molar-refractivity contribution in [3.8, 4) is 0 Å². The van der Waals surface area contributed by atoms with Gasteiger partial charge in [0.1, 0.15) is 11.3 Å². The van der Waals surface area contributed by atoms with Gasteiger partial charge in [-0.2, -0.15) is 0 Å². The van der Waals surface area contributed by atoms with E-state index in [0.717, 1.165) is 0 Å². The molecule has 0 spiro atoms. The van der Waals surface area contributed by atoms with Crippen molar-refractivity contribution in [2.75, 3.05) is 0 Å². The van der Waals surface area contributed by atoms with Crippen molar-refractivity contribution in [1.82, 2.24) is 4.57 Å². The molecule has 1 aromatic carbocycles. The van der Waals surface area contributed by atoms with E-state index in [2.05, 4.69) is 0 Å². The molecule has 1 aromatic heterocycles. The van der Waals surface area contributed by atoms with Crippen molar-refractivity contribution < 1.29 is 9.18 Å². The molecule has 1 heterocycles. The summed E-state index contributed by atoms with van der Waals surface area (Å²) < 4.78 is 14.5. The minimum Gasteiger partial charge on any atom is -0.365 e. The highest BCUT2D eigenvalue weighted by Gasteiger charge is 2.08. The van der Waals surface area contributed by atoms with Crippen molar-refractivity contribution in [3.63, 3.8) is 0 Å². The Hall–Kier alpha value is -2.14. The lowest BCUT2D eigenvalue weighted by Crippen LogP contribution is -2.29. The second-order valence-electron chi connectivity index (χ2n) is 4.04. The van der Waals surface area contributed by atoms with Gasteiger partial charge in [0.25, 0.3) is 5.91 Å². The number of hydrogen-bond acceptors (Lipinski definition) is 2. The van der Waals surface area contributed by atoms with E-state index in [1.54, 1.807) is 12.1 Å². The van der Waals surface area contributed by atoms with E-state index < -0.39 is 5.91 Å². The Labute approximate surface area is 113 Å². The number of primary amides is 1. The van der Waals surface area contributed by atoms with Crippen LogP contribution in [0.25, 0.3) is 0 Å². The summed E-state index contributed by atoms with van der Waals surface area (Å²) >= 11 is 5.88. The maximum absolute atomic E-state index is 13.1. The van der Waals surface area contributed by atoms with Gasteiger partial charge in [0, 0.05) is 12.7 Å². The third-order valence-corrected chi connectivity index (χ3v) is 2.82. The van der Waals surface area contributed by atoms with Gasteiger partial charge >= 0.3 is 0 Å². The molecular weight excluding hydrogens is 269 g/mol. The molecule has 1 amide bonds. The molecule has 0 fully saturated rings. The van der Waals surface area contributed by atoms with Crippen LogP contribution in [-0.2, 0) is 6.54 Å².